The average Bonchev–Trinajstić information content (AvgIpc) is 2.85. The molecule has 230 valence electrons. The number of allylic oxidation sites excluding steroid dienone is 1. The number of pyridine rings is 1. The normalized spacial score (nSPS) is 26.3. The number of aliphatic hydroxyl groups is 3. The van der Waals surface area contributed by atoms with Gasteiger partial charge in [0, 0.05) is 35.7 Å². The van der Waals surface area contributed by atoms with Crippen LogP contribution in [0.1, 0.15) is 57.0 Å². The highest BCUT2D eigenvalue weighted by Gasteiger charge is 2.63. The Balaban J connectivity index is 1.77. The number of primary amides is 1. The molecular weight excluding hydrogens is 566 g/mol. The Kier molecular flexibility index (Phi) is 7.94. The third-order valence-electron chi connectivity index (χ3n) is 8.37. The van der Waals surface area contributed by atoms with Crippen molar-refractivity contribution in [3.63, 3.8) is 0 Å². The molecule has 0 aromatic carbocycles. The number of ketones is 2. The van der Waals surface area contributed by atoms with E-state index in [1.165, 1.54) is 4.90 Å². The van der Waals surface area contributed by atoms with Gasteiger partial charge in [0.25, 0.3) is 5.91 Å². The number of aromatic nitrogens is 1. The molecule has 0 fully saturated rings. The van der Waals surface area contributed by atoms with Crippen LogP contribution in [0.2, 0.25) is 5.15 Å². The van der Waals surface area contributed by atoms with E-state index in [0.29, 0.717) is 13.1 Å². The van der Waals surface area contributed by atoms with Crippen molar-refractivity contribution in [2.45, 2.75) is 64.6 Å². The molecule has 0 unspecified atom stereocenters. The lowest BCUT2D eigenvalue weighted by Gasteiger charge is -2.50. The van der Waals surface area contributed by atoms with Gasteiger partial charge in [-0.25, -0.2) is 4.98 Å². The summed E-state index contributed by atoms with van der Waals surface area (Å²) in [6.45, 7) is 11.2. The molecule has 0 saturated carbocycles. The highest BCUT2D eigenvalue weighted by Crippen LogP contribution is 2.53. The highest BCUT2D eigenvalue weighted by atomic mass is 35.5. The summed E-state index contributed by atoms with van der Waals surface area (Å²) >= 11 is 6.55. The smallest absolute Gasteiger partial charge is 0.255 e. The van der Waals surface area contributed by atoms with Crippen LogP contribution in [0.15, 0.2) is 22.7 Å². The lowest BCUT2D eigenvalue weighted by molar-refractivity contribution is -0.148. The second-order valence-corrected chi connectivity index (χ2v) is 13.9. The second kappa shape index (κ2) is 10.5. The monoisotopic (exact) mass is 605 g/mol. The predicted molar refractivity (Wildman–Crippen MR) is 157 cm³/mol. The predicted octanol–water partition coefficient (Wildman–Crippen LogP) is 2.00. The number of nitrogens with two attached hydrogens (primary N) is 1. The number of nitrogens with one attached hydrogen (secondary N) is 2. The molecule has 3 aliphatic rings. The molecule has 12 nitrogen and oxygen atoms in total. The summed E-state index contributed by atoms with van der Waals surface area (Å²) < 4.78 is 0. The van der Waals surface area contributed by atoms with E-state index in [9.17, 15) is 34.8 Å². The number of halogens is 1. The molecule has 4 atom stereocenters. The number of hydrogen-bond acceptors (Lipinski definition) is 11. The molecule has 1 aromatic rings. The van der Waals surface area contributed by atoms with Crippen LogP contribution in [-0.2, 0) is 16.0 Å². The number of amides is 1. The summed E-state index contributed by atoms with van der Waals surface area (Å²) in [7, 11) is 3.14. The molecule has 4 rings (SSSR count). The lowest BCUT2D eigenvalue weighted by Crippen LogP contribution is -2.63. The quantitative estimate of drug-likeness (QED) is 0.177. The number of carbonyl (C=O) groups excluding carboxylic acids is 3. The van der Waals surface area contributed by atoms with E-state index in [1.54, 1.807) is 14.1 Å². The molecule has 0 saturated heterocycles. The van der Waals surface area contributed by atoms with Gasteiger partial charge in [-0.2, -0.15) is 0 Å². The number of aromatic hydroxyl groups is 1. The zero-order valence-corrected chi connectivity index (χ0v) is 25.7. The number of nitrogens with zero attached hydrogens (tertiary/aromatic N) is 2. The van der Waals surface area contributed by atoms with Crippen LogP contribution in [0.4, 0.5) is 5.82 Å². The van der Waals surface area contributed by atoms with Gasteiger partial charge in [-0.05, 0) is 59.0 Å². The lowest BCUT2D eigenvalue weighted by atomic mass is 9.58. The minimum Gasteiger partial charge on any atom is -0.510 e. The van der Waals surface area contributed by atoms with Crippen LogP contribution in [0, 0.1) is 17.3 Å². The van der Waals surface area contributed by atoms with Gasteiger partial charge in [0.2, 0.25) is 5.78 Å². The Labute approximate surface area is 249 Å². The summed E-state index contributed by atoms with van der Waals surface area (Å²) in [4.78, 5) is 45.3. The maximum atomic E-state index is 13.9. The molecule has 8 N–H and O–H groups in total. The van der Waals surface area contributed by atoms with E-state index in [0.717, 1.165) is 0 Å². The number of Topliss-reactive ketones (excluding diaryl/α,β-unsaturated/α-hetero) is 2. The van der Waals surface area contributed by atoms with Crippen molar-refractivity contribution in [3.8, 4) is 5.75 Å². The number of likely N-dealkylation sites (N-methyl/N-ethyl adjacent to an activating group) is 1. The van der Waals surface area contributed by atoms with Crippen molar-refractivity contribution in [1.82, 2.24) is 15.2 Å². The zero-order chi connectivity index (χ0) is 31.7. The first kappa shape index (κ1) is 31.7. The topological polar surface area (TPSA) is 198 Å². The minimum atomic E-state index is -2.71. The largest absolute Gasteiger partial charge is 0.510 e. The minimum absolute atomic E-state index is 0.00807. The Bertz CT molecular complexity index is 1430. The summed E-state index contributed by atoms with van der Waals surface area (Å²) in [6, 6.07) is -1.07. The zero-order valence-electron chi connectivity index (χ0n) is 24.9. The molecule has 0 bridgehead atoms. The van der Waals surface area contributed by atoms with Gasteiger partial charge in [0.05, 0.1) is 11.6 Å². The molecule has 1 heterocycles. The molecule has 3 aliphatic carbocycles. The first-order chi connectivity index (χ1) is 19.2. The Morgan fingerprint density at radius 2 is 1.76 bits per heavy atom. The molecule has 0 spiro atoms. The Morgan fingerprint density at radius 1 is 1.14 bits per heavy atom. The van der Waals surface area contributed by atoms with Gasteiger partial charge in [-0.15, -0.1) is 0 Å². The van der Waals surface area contributed by atoms with Crippen LogP contribution in [-0.4, -0.2) is 92.2 Å². The number of rotatable bonds is 7. The van der Waals surface area contributed by atoms with E-state index in [4.69, 9.17) is 17.3 Å². The SMILES string of the molecule is CN(C)[C@@H]1C(O)=C(C(N)=O)C(=O)[C@@]2(O)C(O)=C3C(=O)c4c(O)c(NCC(C)(C)CNC(C)(C)C)nc(Cl)c4C[C@H]3C[C@@H]12. The maximum absolute atomic E-state index is 13.9. The molecule has 0 radical (unpaired) electrons. The van der Waals surface area contributed by atoms with E-state index in [-0.39, 0.29) is 51.5 Å². The molecule has 0 aliphatic heterocycles. The Hall–Kier alpha value is -3.19. The molecule has 42 heavy (non-hydrogen) atoms. The van der Waals surface area contributed by atoms with Crippen LogP contribution in [0.25, 0.3) is 0 Å². The van der Waals surface area contributed by atoms with E-state index in [2.05, 4.69) is 36.4 Å². The maximum Gasteiger partial charge on any atom is 0.255 e. The molecule has 13 heteroatoms. The summed E-state index contributed by atoms with van der Waals surface area (Å²) in [5, 5.41) is 51.7. The van der Waals surface area contributed by atoms with E-state index >= 15 is 0 Å². The number of aliphatic hydroxyl groups excluding tert-OH is 2. The number of anilines is 1. The molecule has 1 amide bonds. The summed E-state index contributed by atoms with van der Waals surface area (Å²) in [5.41, 5.74) is 1.25. The summed E-state index contributed by atoms with van der Waals surface area (Å²) in [6.07, 6.45) is 0.0347. The van der Waals surface area contributed by atoms with E-state index < -0.39 is 63.8 Å². The number of carbonyl (C=O) groups is 3. The fraction of sp³-hybridized carbons (Fsp3) is 0.586. The average molecular weight is 606 g/mol. The second-order valence-electron chi connectivity index (χ2n) is 13.5. The van der Waals surface area contributed by atoms with Crippen molar-refractivity contribution in [3.05, 3.63) is 38.9 Å². The fourth-order valence-electron chi connectivity index (χ4n) is 6.18. The van der Waals surface area contributed by atoms with Gasteiger partial charge >= 0.3 is 0 Å². The van der Waals surface area contributed by atoms with Crippen molar-refractivity contribution < 1.29 is 34.8 Å². The third kappa shape index (κ3) is 5.14. The van der Waals surface area contributed by atoms with Crippen LogP contribution in [0.5, 0.6) is 5.75 Å². The van der Waals surface area contributed by atoms with Gasteiger partial charge in [0.15, 0.2) is 23.0 Å². The summed E-state index contributed by atoms with van der Waals surface area (Å²) in [5.74, 6) is -7.28. The van der Waals surface area contributed by atoms with Crippen molar-refractivity contribution >= 4 is 34.9 Å². The van der Waals surface area contributed by atoms with Crippen molar-refractivity contribution in [1.29, 1.82) is 0 Å². The van der Waals surface area contributed by atoms with Gasteiger partial charge in [0.1, 0.15) is 22.2 Å². The van der Waals surface area contributed by atoms with Crippen LogP contribution >= 0.6 is 11.6 Å². The number of fused-ring (bicyclic) bond motifs is 3. The molecular formula is C29H40ClN5O7. The van der Waals surface area contributed by atoms with Gasteiger partial charge in [-0.1, -0.05) is 25.4 Å². The fourth-order valence-corrected chi connectivity index (χ4v) is 6.43. The van der Waals surface area contributed by atoms with Gasteiger partial charge < -0.3 is 36.8 Å². The molecule has 1 aromatic heterocycles. The first-order valence-electron chi connectivity index (χ1n) is 13.8. The standard InChI is InChI=1S/C29H40ClN5O7/c1-27(2,3)33-11-28(4,5)10-32-26-21(38)16-13(24(30)34-26)8-12-9-14-18(35(6)7)20(37)17(25(31)41)23(40)29(14,42)22(39)15(12)19(16)36/h12,14,18,33,37-39,42H,8-11H2,1-7H3,(H2,31,41)(H,32,34)/t12-,14-,18-,29-/m0/s1. The van der Waals surface area contributed by atoms with Crippen molar-refractivity contribution in [2.75, 3.05) is 32.5 Å². The van der Waals surface area contributed by atoms with Crippen molar-refractivity contribution in [2.24, 2.45) is 23.0 Å². The third-order valence-corrected chi connectivity index (χ3v) is 8.68. The van der Waals surface area contributed by atoms with E-state index in [1.807, 2.05) is 13.8 Å². The highest BCUT2D eigenvalue weighted by molar-refractivity contribution is 6.32. The first-order valence-corrected chi connectivity index (χ1v) is 14.2. The van der Waals surface area contributed by atoms with Gasteiger partial charge in [-0.3, -0.25) is 19.3 Å². The van der Waals surface area contributed by atoms with Crippen LogP contribution in [0.3, 0.4) is 0 Å². The van der Waals surface area contributed by atoms with Crippen LogP contribution < -0.4 is 16.4 Å². The Morgan fingerprint density at radius 3 is 2.31 bits per heavy atom. The number of hydrogen-bond donors (Lipinski definition) is 7.